The summed E-state index contributed by atoms with van der Waals surface area (Å²) < 4.78 is 6.24. The highest BCUT2D eigenvalue weighted by Gasteiger charge is 2.35. The van der Waals surface area contributed by atoms with Gasteiger partial charge in [0.1, 0.15) is 23.1 Å². The van der Waals surface area contributed by atoms with E-state index in [1.807, 2.05) is 13.0 Å². The molecule has 0 aromatic carbocycles. The van der Waals surface area contributed by atoms with Gasteiger partial charge in [-0.15, -0.1) is 0 Å². The van der Waals surface area contributed by atoms with E-state index in [0.29, 0.717) is 17.8 Å². The first-order chi connectivity index (χ1) is 17.9. The van der Waals surface area contributed by atoms with Crippen LogP contribution in [0.5, 0.6) is 5.88 Å². The Balaban J connectivity index is 1.65. The van der Waals surface area contributed by atoms with Crippen molar-refractivity contribution in [3.63, 3.8) is 0 Å². The first-order valence-corrected chi connectivity index (χ1v) is 11.9. The molecule has 2 amide bonds. The number of likely N-dealkylation sites (N-methyl/N-ethyl adjacent to an activating group) is 1. The van der Waals surface area contributed by atoms with Gasteiger partial charge in [0.2, 0.25) is 5.88 Å². The Morgan fingerprint density at radius 1 is 1.22 bits per heavy atom. The summed E-state index contributed by atoms with van der Waals surface area (Å²) in [6, 6.07) is 6.65. The first kappa shape index (κ1) is 25.7. The molecule has 4 rings (SSSR count). The maximum atomic E-state index is 13.5. The molecule has 0 saturated heterocycles. The minimum atomic E-state index is -0.483. The summed E-state index contributed by atoms with van der Waals surface area (Å²) in [6.07, 6.45) is 7.09. The lowest BCUT2D eigenvalue weighted by Crippen LogP contribution is -2.50. The third-order valence-electron chi connectivity index (χ3n) is 6.10. The molecule has 4 heterocycles. The summed E-state index contributed by atoms with van der Waals surface area (Å²) in [5, 5.41) is 9.84. The van der Waals surface area contributed by atoms with Crippen LogP contribution >= 0.6 is 0 Å². The number of aliphatic hydroxyl groups is 1. The van der Waals surface area contributed by atoms with Gasteiger partial charge in [-0.2, -0.15) is 0 Å². The van der Waals surface area contributed by atoms with Crippen molar-refractivity contribution in [1.29, 1.82) is 0 Å². The number of aliphatic hydroxyl groups excluding tert-OH is 1. The third kappa shape index (κ3) is 6.08. The lowest BCUT2D eigenvalue weighted by atomic mass is 9.99. The molecular formula is C27H28N6O4. The fraction of sp³-hybridized carbons (Fsp3) is 0.333. The molecule has 3 aromatic heterocycles. The number of nitrogens with zero attached hydrogens (tertiary/aromatic N) is 6. The molecule has 10 heteroatoms. The monoisotopic (exact) mass is 500 g/mol. The van der Waals surface area contributed by atoms with Gasteiger partial charge >= 0.3 is 0 Å². The van der Waals surface area contributed by atoms with Gasteiger partial charge < -0.3 is 19.6 Å². The standard InChI is InChI=1S/C27H28N6O4/c1-18-15-33(19(2)17-34)26(35)22-12-20(7-8-21-6-4-5-9-29-21)13-31-25(22)37-24(18)16-32(3)27(36)23-14-28-10-11-30-23/h4-6,9-14,18-19,24,34H,15-17H2,1-3H3/t18-,19+,24-/m1/s1. The van der Waals surface area contributed by atoms with Crippen LogP contribution in [0.4, 0.5) is 0 Å². The minimum absolute atomic E-state index is 0.153. The average molecular weight is 501 g/mol. The number of hydrogen-bond donors (Lipinski definition) is 1. The maximum absolute atomic E-state index is 13.5. The second-order valence-electron chi connectivity index (χ2n) is 8.94. The second kappa shape index (κ2) is 11.6. The van der Waals surface area contributed by atoms with Crippen LogP contribution in [0.25, 0.3) is 0 Å². The number of rotatable bonds is 5. The molecule has 3 aromatic rings. The average Bonchev–Trinajstić information content (AvgIpc) is 2.94. The van der Waals surface area contributed by atoms with Gasteiger partial charge in [-0.05, 0) is 31.0 Å². The normalized spacial score (nSPS) is 17.8. The number of ether oxygens (including phenoxy) is 1. The Morgan fingerprint density at radius 2 is 2.05 bits per heavy atom. The zero-order valence-electron chi connectivity index (χ0n) is 20.9. The van der Waals surface area contributed by atoms with Crippen LogP contribution < -0.4 is 4.74 Å². The second-order valence-corrected chi connectivity index (χ2v) is 8.94. The van der Waals surface area contributed by atoms with Gasteiger partial charge in [0, 0.05) is 49.9 Å². The fourth-order valence-corrected chi connectivity index (χ4v) is 3.92. The molecule has 37 heavy (non-hydrogen) atoms. The molecule has 0 aliphatic carbocycles. The molecule has 0 unspecified atom stereocenters. The van der Waals surface area contributed by atoms with Crippen molar-refractivity contribution >= 4 is 11.8 Å². The van der Waals surface area contributed by atoms with Crippen LogP contribution in [0.1, 0.15) is 46.0 Å². The molecule has 0 saturated carbocycles. The zero-order valence-corrected chi connectivity index (χ0v) is 20.9. The highest BCUT2D eigenvalue weighted by Crippen LogP contribution is 2.27. The summed E-state index contributed by atoms with van der Waals surface area (Å²) in [4.78, 5) is 46.2. The van der Waals surface area contributed by atoms with Crippen molar-refractivity contribution in [2.75, 3.05) is 26.7 Å². The Bertz CT molecular complexity index is 1310. The smallest absolute Gasteiger partial charge is 0.273 e. The SMILES string of the molecule is C[C@@H]1CN([C@@H](C)CO)C(=O)c2cc(C#Cc3ccccn3)cnc2O[C@@H]1CN(C)C(=O)c1cnccn1. The van der Waals surface area contributed by atoms with Crippen LogP contribution in [0.15, 0.2) is 55.2 Å². The van der Waals surface area contributed by atoms with Gasteiger partial charge in [0.25, 0.3) is 11.8 Å². The number of pyridine rings is 2. The number of carbonyl (C=O) groups is 2. The molecular weight excluding hydrogens is 472 g/mol. The summed E-state index contributed by atoms with van der Waals surface area (Å²) in [5.41, 5.74) is 1.59. The lowest BCUT2D eigenvalue weighted by Gasteiger charge is -2.37. The van der Waals surface area contributed by atoms with E-state index in [9.17, 15) is 14.7 Å². The molecule has 0 fully saturated rings. The maximum Gasteiger partial charge on any atom is 0.273 e. The predicted octanol–water partition coefficient (Wildman–Crippen LogP) is 1.66. The summed E-state index contributed by atoms with van der Waals surface area (Å²) in [7, 11) is 1.66. The Morgan fingerprint density at radius 3 is 2.76 bits per heavy atom. The van der Waals surface area contributed by atoms with Gasteiger partial charge in [-0.25, -0.2) is 15.0 Å². The number of hydrogen-bond acceptors (Lipinski definition) is 8. The van der Waals surface area contributed by atoms with E-state index in [0.717, 1.165) is 0 Å². The van der Waals surface area contributed by atoms with Crippen LogP contribution in [0.2, 0.25) is 0 Å². The molecule has 190 valence electrons. The van der Waals surface area contributed by atoms with Gasteiger partial charge in [-0.3, -0.25) is 14.6 Å². The number of fused-ring (bicyclic) bond motifs is 1. The molecule has 3 atom stereocenters. The molecule has 1 aliphatic heterocycles. The van der Waals surface area contributed by atoms with Crippen molar-refractivity contribution in [2.45, 2.75) is 26.0 Å². The van der Waals surface area contributed by atoms with E-state index in [1.54, 1.807) is 49.5 Å². The van der Waals surface area contributed by atoms with Gasteiger partial charge in [0.15, 0.2) is 0 Å². The van der Waals surface area contributed by atoms with Crippen LogP contribution in [-0.4, -0.2) is 85.5 Å². The van der Waals surface area contributed by atoms with Gasteiger partial charge in [0.05, 0.1) is 25.4 Å². The zero-order chi connectivity index (χ0) is 26.4. The van der Waals surface area contributed by atoms with E-state index < -0.39 is 12.1 Å². The van der Waals surface area contributed by atoms with Crippen molar-refractivity contribution in [3.05, 3.63) is 77.8 Å². The number of amides is 2. The largest absolute Gasteiger partial charge is 0.472 e. The topological polar surface area (TPSA) is 122 Å². The molecule has 0 spiro atoms. The van der Waals surface area contributed by atoms with Crippen molar-refractivity contribution < 1.29 is 19.4 Å². The van der Waals surface area contributed by atoms with Crippen LogP contribution in [0, 0.1) is 17.8 Å². The predicted molar refractivity (Wildman–Crippen MR) is 135 cm³/mol. The molecule has 0 bridgehead atoms. The molecule has 0 radical (unpaired) electrons. The Labute approximate surface area is 215 Å². The molecule has 10 nitrogen and oxygen atoms in total. The quantitative estimate of drug-likeness (QED) is 0.525. The van der Waals surface area contributed by atoms with Crippen molar-refractivity contribution in [3.8, 4) is 17.7 Å². The Hall–Kier alpha value is -4.36. The number of carbonyl (C=O) groups excluding carboxylic acids is 2. The van der Waals surface area contributed by atoms with E-state index in [2.05, 4.69) is 31.8 Å². The third-order valence-corrected chi connectivity index (χ3v) is 6.10. The van der Waals surface area contributed by atoms with Gasteiger partial charge in [-0.1, -0.05) is 18.9 Å². The van der Waals surface area contributed by atoms with E-state index >= 15 is 0 Å². The minimum Gasteiger partial charge on any atom is -0.472 e. The molecule has 1 aliphatic rings. The highest BCUT2D eigenvalue weighted by molar-refractivity contribution is 5.97. The van der Waals surface area contributed by atoms with Crippen molar-refractivity contribution in [1.82, 2.24) is 29.7 Å². The Kier molecular flexibility index (Phi) is 8.05. The summed E-state index contributed by atoms with van der Waals surface area (Å²) in [5.74, 6) is 5.34. The summed E-state index contributed by atoms with van der Waals surface area (Å²) >= 11 is 0. The fourth-order valence-electron chi connectivity index (χ4n) is 3.92. The van der Waals surface area contributed by atoms with E-state index in [-0.39, 0.29) is 48.0 Å². The first-order valence-electron chi connectivity index (χ1n) is 11.9. The summed E-state index contributed by atoms with van der Waals surface area (Å²) in [6.45, 7) is 4.07. The highest BCUT2D eigenvalue weighted by atomic mass is 16.5. The van der Waals surface area contributed by atoms with E-state index in [1.165, 1.54) is 23.5 Å². The number of aromatic nitrogens is 4. The molecule has 1 N–H and O–H groups in total. The van der Waals surface area contributed by atoms with E-state index in [4.69, 9.17) is 4.74 Å². The van der Waals surface area contributed by atoms with Crippen LogP contribution in [-0.2, 0) is 0 Å². The lowest BCUT2D eigenvalue weighted by molar-refractivity contribution is 0.0312. The van der Waals surface area contributed by atoms with Crippen LogP contribution in [0.3, 0.4) is 0 Å². The van der Waals surface area contributed by atoms with Crippen molar-refractivity contribution in [2.24, 2.45) is 5.92 Å².